The second kappa shape index (κ2) is 5.20. The van der Waals surface area contributed by atoms with Crippen LogP contribution in [0.1, 0.15) is 24.8 Å². The molecule has 0 amide bonds. The van der Waals surface area contributed by atoms with E-state index in [2.05, 4.69) is 16.4 Å². The molecule has 1 saturated heterocycles. The van der Waals surface area contributed by atoms with Crippen molar-refractivity contribution in [3.05, 3.63) is 34.1 Å². The van der Waals surface area contributed by atoms with Crippen molar-refractivity contribution in [3.8, 4) is 0 Å². The Morgan fingerprint density at radius 3 is 3.00 bits per heavy atom. The van der Waals surface area contributed by atoms with Crippen LogP contribution in [0.4, 0.5) is 0 Å². The number of allylic oxidation sites excluding steroid dienone is 2. The Balaban J connectivity index is 1.84. The van der Waals surface area contributed by atoms with Crippen molar-refractivity contribution >= 4 is 28.8 Å². The summed E-state index contributed by atoms with van der Waals surface area (Å²) in [6.07, 6.45) is 7.79. The second-order valence-electron chi connectivity index (χ2n) is 5.18. The Kier molecular flexibility index (Phi) is 3.60. The van der Waals surface area contributed by atoms with Gasteiger partial charge in [0.1, 0.15) is 5.15 Å². The molecule has 1 aromatic heterocycles. The second-order valence-corrected chi connectivity index (χ2v) is 5.94. The van der Waals surface area contributed by atoms with Crippen molar-refractivity contribution in [3.63, 3.8) is 0 Å². The molecule has 0 spiro atoms. The van der Waals surface area contributed by atoms with Gasteiger partial charge >= 0.3 is 0 Å². The smallest absolute Gasteiger partial charge is 0.147 e. The summed E-state index contributed by atoms with van der Waals surface area (Å²) < 4.78 is 0. The summed E-state index contributed by atoms with van der Waals surface area (Å²) in [6.45, 7) is 2.30. The third kappa shape index (κ3) is 2.42. The van der Waals surface area contributed by atoms with Crippen molar-refractivity contribution in [1.29, 1.82) is 0 Å². The van der Waals surface area contributed by atoms with E-state index < -0.39 is 0 Å². The molecule has 2 unspecified atom stereocenters. The zero-order chi connectivity index (χ0) is 12.5. The molecule has 1 aliphatic heterocycles. The molecule has 4 heteroatoms. The van der Waals surface area contributed by atoms with Crippen LogP contribution in [-0.2, 0) is 0 Å². The fourth-order valence-corrected chi connectivity index (χ4v) is 3.29. The summed E-state index contributed by atoms with van der Waals surface area (Å²) in [4.78, 5) is 4.13. The molecule has 0 bridgehead atoms. The van der Waals surface area contributed by atoms with Gasteiger partial charge in [-0.05, 0) is 61.4 Å². The molecule has 2 atom stereocenters. The predicted molar refractivity (Wildman–Crippen MR) is 75.9 cm³/mol. The minimum absolute atomic E-state index is 0.383. The van der Waals surface area contributed by atoms with E-state index in [0.717, 1.165) is 30.4 Å². The number of rotatable bonds is 1. The standard InChI is InChI=1S/C14H16Cl2N2/c15-13-6-12(8-18-14(13)16)10-2-1-9-3-4-17-7-11(9)5-10/h2,6,8-9,11,17H,1,3-5,7H2. The van der Waals surface area contributed by atoms with E-state index >= 15 is 0 Å². The highest BCUT2D eigenvalue weighted by molar-refractivity contribution is 6.41. The summed E-state index contributed by atoms with van der Waals surface area (Å²) in [5.74, 6) is 1.61. The molecule has 2 nitrogen and oxygen atoms in total. The van der Waals surface area contributed by atoms with Crippen molar-refractivity contribution in [1.82, 2.24) is 10.3 Å². The van der Waals surface area contributed by atoms with Crippen LogP contribution in [0.25, 0.3) is 5.57 Å². The van der Waals surface area contributed by atoms with Crippen LogP contribution in [0.15, 0.2) is 18.3 Å². The van der Waals surface area contributed by atoms with Gasteiger partial charge in [-0.25, -0.2) is 4.98 Å². The molecule has 0 saturated carbocycles. The molecule has 18 heavy (non-hydrogen) atoms. The molecule has 1 N–H and O–H groups in total. The largest absolute Gasteiger partial charge is 0.316 e. The van der Waals surface area contributed by atoms with E-state index in [1.807, 2.05) is 12.3 Å². The van der Waals surface area contributed by atoms with Crippen LogP contribution in [-0.4, -0.2) is 18.1 Å². The molecule has 2 aliphatic rings. The maximum absolute atomic E-state index is 6.04. The quantitative estimate of drug-likeness (QED) is 0.793. The number of piperidine rings is 1. The number of hydrogen-bond acceptors (Lipinski definition) is 2. The SMILES string of the molecule is Clc1cc(C2=CCC3CCNCC3C2)cnc1Cl. The average Bonchev–Trinajstić information content (AvgIpc) is 2.41. The molecule has 1 aliphatic carbocycles. The Hall–Kier alpha value is -0.570. The molecule has 3 rings (SSSR count). The van der Waals surface area contributed by atoms with E-state index in [9.17, 15) is 0 Å². The summed E-state index contributed by atoms with van der Waals surface area (Å²) in [5.41, 5.74) is 2.49. The average molecular weight is 283 g/mol. The lowest BCUT2D eigenvalue weighted by atomic mass is 9.75. The van der Waals surface area contributed by atoms with Crippen LogP contribution in [0.5, 0.6) is 0 Å². The Morgan fingerprint density at radius 1 is 1.28 bits per heavy atom. The van der Waals surface area contributed by atoms with Crippen molar-refractivity contribution in [2.45, 2.75) is 19.3 Å². The van der Waals surface area contributed by atoms with Gasteiger partial charge in [-0.2, -0.15) is 0 Å². The van der Waals surface area contributed by atoms with Crippen LogP contribution in [0.2, 0.25) is 10.2 Å². The first-order valence-corrected chi connectivity index (χ1v) is 7.21. The van der Waals surface area contributed by atoms with Crippen LogP contribution in [0, 0.1) is 11.8 Å². The van der Waals surface area contributed by atoms with Gasteiger partial charge in [0.25, 0.3) is 0 Å². The van der Waals surface area contributed by atoms with Gasteiger partial charge in [-0.15, -0.1) is 0 Å². The number of halogens is 2. The lowest BCUT2D eigenvalue weighted by molar-refractivity contribution is 0.252. The Bertz CT molecular complexity index is 485. The highest BCUT2D eigenvalue weighted by atomic mass is 35.5. The molecule has 96 valence electrons. The summed E-state index contributed by atoms with van der Waals surface area (Å²) in [6, 6.07) is 1.93. The van der Waals surface area contributed by atoms with E-state index in [1.54, 1.807) is 0 Å². The third-order valence-corrected chi connectivity index (χ3v) is 4.77. The predicted octanol–water partition coefficient (Wildman–Crippen LogP) is 3.79. The summed E-state index contributed by atoms with van der Waals surface area (Å²) >= 11 is 11.9. The minimum Gasteiger partial charge on any atom is -0.316 e. The van der Waals surface area contributed by atoms with Crippen LogP contribution >= 0.6 is 23.2 Å². The first-order valence-electron chi connectivity index (χ1n) is 6.45. The van der Waals surface area contributed by atoms with Gasteiger partial charge < -0.3 is 5.32 Å². The molecular formula is C14H16Cl2N2. The van der Waals surface area contributed by atoms with Gasteiger partial charge in [0.15, 0.2) is 0 Å². The van der Waals surface area contributed by atoms with E-state index in [-0.39, 0.29) is 0 Å². The molecular weight excluding hydrogens is 267 g/mol. The van der Waals surface area contributed by atoms with Gasteiger partial charge in [0.05, 0.1) is 5.02 Å². The number of fused-ring (bicyclic) bond motifs is 1. The van der Waals surface area contributed by atoms with Crippen molar-refractivity contribution in [2.24, 2.45) is 11.8 Å². The molecule has 0 radical (unpaired) electrons. The molecule has 1 fully saturated rings. The van der Waals surface area contributed by atoms with Crippen LogP contribution in [0.3, 0.4) is 0 Å². The highest BCUT2D eigenvalue weighted by Crippen LogP contribution is 2.38. The summed E-state index contributed by atoms with van der Waals surface area (Å²) in [5, 5.41) is 4.41. The molecule has 2 heterocycles. The van der Waals surface area contributed by atoms with Gasteiger partial charge in [0.2, 0.25) is 0 Å². The monoisotopic (exact) mass is 282 g/mol. The lowest BCUT2D eigenvalue weighted by Crippen LogP contribution is -2.37. The van der Waals surface area contributed by atoms with E-state index in [1.165, 1.54) is 25.0 Å². The number of hydrogen-bond donors (Lipinski definition) is 1. The number of nitrogens with zero attached hydrogens (tertiary/aromatic N) is 1. The zero-order valence-corrected chi connectivity index (χ0v) is 11.6. The number of aromatic nitrogens is 1. The number of nitrogens with one attached hydrogen (secondary N) is 1. The number of pyridine rings is 1. The van der Waals surface area contributed by atoms with Crippen molar-refractivity contribution in [2.75, 3.05) is 13.1 Å². The lowest BCUT2D eigenvalue weighted by Gasteiger charge is -2.35. The third-order valence-electron chi connectivity index (χ3n) is 4.08. The van der Waals surface area contributed by atoms with E-state index in [0.29, 0.717) is 10.2 Å². The molecule has 1 aromatic rings. The highest BCUT2D eigenvalue weighted by Gasteiger charge is 2.28. The van der Waals surface area contributed by atoms with Crippen molar-refractivity contribution < 1.29 is 0 Å². The van der Waals surface area contributed by atoms with Crippen LogP contribution < -0.4 is 5.32 Å². The zero-order valence-electron chi connectivity index (χ0n) is 10.1. The topological polar surface area (TPSA) is 24.9 Å². The minimum atomic E-state index is 0.383. The Morgan fingerprint density at radius 2 is 2.17 bits per heavy atom. The first-order chi connectivity index (χ1) is 8.74. The molecule has 0 aromatic carbocycles. The summed E-state index contributed by atoms with van der Waals surface area (Å²) in [7, 11) is 0. The van der Waals surface area contributed by atoms with Gasteiger partial charge in [-0.1, -0.05) is 29.3 Å². The maximum atomic E-state index is 6.04. The van der Waals surface area contributed by atoms with Gasteiger partial charge in [0, 0.05) is 6.20 Å². The normalized spacial score (nSPS) is 27.6. The fraction of sp³-hybridized carbons (Fsp3) is 0.500. The van der Waals surface area contributed by atoms with E-state index in [4.69, 9.17) is 23.2 Å². The Labute approximate surface area is 117 Å². The first kappa shape index (κ1) is 12.5. The van der Waals surface area contributed by atoms with Gasteiger partial charge in [-0.3, -0.25) is 0 Å². The fourth-order valence-electron chi connectivity index (χ4n) is 3.02. The maximum Gasteiger partial charge on any atom is 0.147 e.